The molecule has 0 aliphatic carbocycles. The summed E-state index contributed by atoms with van der Waals surface area (Å²) in [6, 6.07) is 26.6. The van der Waals surface area contributed by atoms with Crippen molar-refractivity contribution in [2.24, 2.45) is 4.99 Å². The highest BCUT2D eigenvalue weighted by Gasteiger charge is 2.17. The maximum absolute atomic E-state index is 13.0. The minimum atomic E-state index is -0.205. The Labute approximate surface area is 171 Å². The average molecular weight is 387 g/mol. The molecule has 29 heavy (non-hydrogen) atoms. The largest absolute Gasteiger partial charge is 0.497 e. The number of nitrogens with zero attached hydrogens (tertiary/aromatic N) is 1. The van der Waals surface area contributed by atoms with Crippen molar-refractivity contribution in [1.82, 2.24) is 0 Å². The molecule has 0 spiro atoms. The standard InChI is InChI=1S/C25H25NO3/c1-19(17-20-13-15-23(28-2)16-14-20)26-25(24(27)22-11-7-4-8-12-22)29-18-21-9-5-3-6-10-21/h3-16,19H,17-18H2,1-2H3. The van der Waals surface area contributed by atoms with Crippen molar-refractivity contribution >= 4 is 11.7 Å². The van der Waals surface area contributed by atoms with Crippen LogP contribution in [-0.4, -0.2) is 24.8 Å². The van der Waals surface area contributed by atoms with Crippen LogP contribution in [0, 0.1) is 0 Å². The summed E-state index contributed by atoms with van der Waals surface area (Å²) in [6.45, 7) is 2.28. The molecule has 3 aromatic carbocycles. The number of aliphatic imine (C=N–C) groups is 1. The van der Waals surface area contributed by atoms with Gasteiger partial charge < -0.3 is 9.47 Å². The molecule has 4 heteroatoms. The number of hydrogen-bond acceptors (Lipinski definition) is 4. The van der Waals surface area contributed by atoms with Gasteiger partial charge >= 0.3 is 0 Å². The number of carbonyl (C=O) groups excluding carboxylic acids is 1. The lowest BCUT2D eigenvalue weighted by Crippen LogP contribution is -2.21. The first-order valence-corrected chi connectivity index (χ1v) is 9.63. The van der Waals surface area contributed by atoms with Crippen LogP contribution in [0.5, 0.6) is 5.75 Å². The quantitative estimate of drug-likeness (QED) is 0.306. The number of ketones is 1. The van der Waals surface area contributed by atoms with Gasteiger partial charge in [-0.15, -0.1) is 0 Å². The molecule has 0 amide bonds. The summed E-state index contributed by atoms with van der Waals surface area (Å²) in [4.78, 5) is 17.6. The number of hydrogen-bond donors (Lipinski definition) is 0. The Morgan fingerprint density at radius 1 is 0.862 bits per heavy atom. The second-order valence-corrected chi connectivity index (χ2v) is 6.80. The number of methoxy groups -OCH3 is 1. The van der Waals surface area contributed by atoms with E-state index in [1.807, 2.05) is 79.7 Å². The molecular formula is C25H25NO3. The molecule has 0 N–H and O–H groups in total. The zero-order chi connectivity index (χ0) is 20.5. The fraction of sp³-hybridized carbons (Fsp3) is 0.200. The van der Waals surface area contributed by atoms with Gasteiger partial charge in [-0.3, -0.25) is 4.79 Å². The monoisotopic (exact) mass is 387 g/mol. The molecule has 0 saturated heterocycles. The number of Topliss-reactive ketones (excluding diaryl/α,β-unsaturated/α-hetero) is 1. The lowest BCUT2D eigenvalue weighted by Gasteiger charge is -2.13. The molecule has 0 heterocycles. The molecule has 148 valence electrons. The van der Waals surface area contributed by atoms with E-state index in [0.717, 1.165) is 16.9 Å². The molecule has 0 fully saturated rings. The summed E-state index contributed by atoms with van der Waals surface area (Å²) in [7, 11) is 1.65. The van der Waals surface area contributed by atoms with Gasteiger partial charge in [0.1, 0.15) is 12.4 Å². The third kappa shape index (κ3) is 6.04. The molecule has 0 radical (unpaired) electrons. The molecule has 0 aliphatic heterocycles. The highest BCUT2D eigenvalue weighted by Crippen LogP contribution is 2.14. The molecule has 0 bridgehead atoms. The van der Waals surface area contributed by atoms with Gasteiger partial charge in [0.25, 0.3) is 5.90 Å². The Morgan fingerprint density at radius 3 is 2.10 bits per heavy atom. The summed E-state index contributed by atoms with van der Waals surface area (Å²) in [6.07, 6.45) is 0.699. The van der Waals surface area contributed by atoms with Gasteiger partial charge in [-0.1, -0.05) is 72.8 Å². The molecule has 3 rings (SSSR count). The van der Waals surface area contributed by atoms with Crippen LogP contribution in [0.4, 0.5) is 0 Å². The Balaban J connectivity index is 1.77. The first-order chi connectivity index (χ1) is 14.2. The Morgan fingerprint density at radius 2 is 1.48 bits per heavy atom. The molecular weight excluding hydrogens is 362 g/mol. The van der Waals surface area contributed by atoms with Gasteiger partial charge in [-0.2, -0.15) is 0 Å². The van der Waals surface area contributed by atoms with Crippen molar-refractivity contribution in [2.45, 2.75) is 26.0 Å². The summed E-state index contributed by atoms with van der Waals surface area (Å²) in [5, 5.41) is 0. The van der Waals surface area contributed by atoms with Crippen LogP contribution in [0.3, 0.4) is 0 Å². The molecule has 0 saturated carbocycles. The SMILES string of the molecule is COc1ccc(CC(C)N=C(OCc2ccccc2)C(=O)c2ccccc2)cc1. The molecule has 0 aromatic heterocycles. The molecule has 4 nitrogen and oxygen atoms in total. The summed E-state index contributed by atoms with van der Waals surface area (Å²) < 4.78 is 11.1. The van der Waals surface area contributed by atoms with Crippen molar-refractivity contribution in [3.63, 3.8) is 0 Å². The van der Waals surface area contributed by atoms with Crippen molar-refractivity contribution < 1.29 is 14.3 Å². The lowest BCUT2D eigenvalue weighted by molar-refractivity contribution is 0.102. The third-order valence-corrected chi connectivity index (χ3v) is 4.48. The highest BCUT2D eigenvalue weighted by molar-refractivity contribution is 6.42. The Hall–Kier alpha value is -3.40. The van der Waals surface area contributed by atoms with Crippen LogP contribution < -0.4 is 4.74 Å². The molecule has 1 atom stereocenters. The van der Waals surface area contributed by atoms with E-state index in [-0.39, 0.29) is 17.7 Å². The topological polar surface area (TPSA) is 47.9 Å². The van der Waals surface area contributed by atoms with E-state index in [9.17, 15) is 4.79 Å². The predicted molar refractivity (Wildman–Crippen MR) is 116 cm³/mol. The fourth-order valence-corrected chi connectivity index (χ4v) is 2.95. The van der Waals surface area contributed by atoms with E-state index in [1.54, 1.807) is 19.2 Å². The Bertz CT molecular complexity index is 935. The van der Waals surface area contributed by atoms with Gasteiger partial charge in [0.15, 0.2) is 0 Å². The zero-order valence-corrected chi connectivity index (χ0v) is 16.7. The van der Waals surface area contributed by atoms with Crippen LogP contribution >= 0.6 is 0 Å². The molecule has 1 unspecified atom stereocenters. The van der Waals surface area contributed by atoms with Crippen LogP contribution in [0.1, 0.15) is 28.4 Å². The number of ether oxygens (including phenoxy) is 2. The number of rotatable bonds is 8. The lowest BCUT2D eigenvalue weighted by atomic mass is 10.1. The number of carbonyl (C=O) groups is 1. The minimum Gasteiger partial charge on any atom is -0.497 e. The van der Waals surface area contributed by atoms with Gasteiger partial charge in [-0.05, 0) is 36.6 Å². The van der Waals surface area contributed by atoms with Crippen molar-refractivity contribution in [2.75, 3.05) is 7.11 Å². The van der Waals surface area contributed by atoms with Gasteiger partial charge in [0, 0.05) is 5.56 Å². The normalized spacial score (nSPS) is 12.3. The van der Waals surface area contributed by atoms with Crippen LogP contribution in [0.2, 0.25) is 0 Å². The fourth-order valence-electron chi connectivity index (χ4n) is 2.95. The average Bonchev–Trinajstić information content (AvgIpc) is 2.78. The predicted octanol–water partition coefficient (Wildman–Crippen LogP) is 5.12. The second kappa shape index (κ2) is 10.2. The second-order valence-electron chi connectivity index (χ2n) is 6.80. The van der Waals surface area contributed by atoms with Crippen molar-refractivity contribution in [3.05, 3.63) is 102 Å². The van der Waals surface area contributed by atoms with E-state index in [4.69, 9.17) is 9.47 Å². The Kier molecular flexibility index (Phi) is 7.17. The first kappa shape index (κ1) is 20.3. The minimum absolute atomic E-state index is 0.109. The van der Waals surface area contributed by atoms with E-state index >= 15 is 0 Å². The number of benzene rings is 3. The maximum atomic E-state index is 13.0. The third-order valence-electron chi connectivity index (χ3n) is 4.48. The van der Waals surface area contributed by atoms with Gasteiger partial charge in [-0.25, -0.2) is 4.99 Å². The molecule has 3 aromatic rings. The summed E-state index contributed by atoms with van der Waals surface area (Å²) >= 11 is 0. The van der Waals surface area contributed by atoms with Crippen molar-refractivity contribution in [3.8, 4) is 5.75 Å². The van der Waals surface area contributed by atoms with E-state index in [1.165, 1.54) is 0 Å². The van der Waals surface area contributed by atoms with E-state index < -0.39 is 0 Å². The van der Waals surface area contributed by atoms with Crippen LogP contribution in [0.15, 0.2) is 89.9 Å². The summed E-state index contributed by atoms with van der Waals surface area (Å²) in [5.74, 6) is 0.750. The van der Waals surface area contributed by atoms with Crippen LogP contribution in [0.25, 0.3) is 0 Å². The van der Waals surface area contributed by atoms with Crippen molar-refractivity contribution in [1.29, 1.82) is 0 Å². The first-order valence-electron chi connectivity index (χ1n) is 9.63. The highest BCUT2D eigenvalue weighted by atomic mass is 16.5. The zero-order valence-electron chi connectivity index (χ0n) is 16.7. The maximum Gasteiger partial charge on any atom is 0.259 e. The smallest absolute Gasteiger partial charge is 0.259 e. The van der Waals surface area contributed by atoms with Crippen LogP contribution in [-0.2, 0) is 17.8 Å². The molecule has 0 aliphatic rings. The summed E-state index contributed by atoms with van der Waals surface area (Å²) in [5.41, 5.74) is 2.68. The van der Waals surface area contributed by atoms with Gasteiger partial charge in [0.2, 0.25) is 5.78 Å². The van der Waals surface area contributed by atoms with Gasteiger partial charge in [0.05, 0.1) is 13.2 Å². The van der Waals surface area contributed by atoms with E-state index in [2.05, 4.69) is 4.99 Å². The van der Waals surface area contributed by atoms with E-state index in [0.29, 0.717) is 18.6 Å².